The van der Waals surface area contributed by atoms with Gasteiger partial charge in [0.2, 0.25) is 5.91 Å². The van der Waals surface area contributed by atoms with Crippen LogP contribution >= 0.6 is 11.8 Å². The second kappa shape index (κ2) is 13.0. The number of aromatic nitrogens is 2. The summed E-state index contributed by atoms with van der Waals surface area (Å²) in [6, 6.07) is 16.5. The van der Waals surface area contributed by atoms with E-state index in [0.29, 0.717) is 35.3 Å². The Kier molecular flexibility index (Phi) is 9.27. The largest absolute Gasteiger partial charge is 0.368 e. The van der Waals surface area contributed by atoms with Gasteiger partial charge in [-0.1, -0.05) is 36.4 Å². The van der Waals surface area contributed by atoms with Gasteiger partial charge in [-0.05, 0) is 82.7 Å². The maximum Gasteiger partial charge on any atom is 0.252 e. The van der Waals surface area contributed by atoms with Crippen molar-refractivity contribution >= 4 is 35.2 Å². The van der Waals surface area contributed by atoms with E-state index in [1.807, 2.05) is 18.4 Å². The van der Waals surface area contributed by atoms with Gasteiger partial charge in [0, 0.05) is 24.4 Å². The number of rotatable bonds is 11. The number of nitrogens with two attached hydrogens (primary N) is 1. The van der Waals surface area contributed by atoms with Gasteiger partial charge >= 0.3 is 0 Å². The molecule has 0 bridgehead atoms. The van der Waals surface area contributed by atoms with Gasteiger partial charge in [-0.2, -0.15) is 11.8 Å². The molecular weight excluding hydrogens is 518 g/mol. The SMILES string of the molecule is CSCC[C@H](NC(=O)c1ccc(C=C(Cc2ncc[nH]2)c2ccc(F)cc2)cc1-c1ccc(F)cc1)C(N)=O. The Hall–Kier alpha value is -4.24. The fraction of sp³-hybridized carbons (Fsp3) is 0.167. The molecule has 4 rings (SSSR count). The number of hydrogen-bond donors (Lipinski definition) is 3. The van der Waals surface area contributed by atoms with Crippen molar-refractivity contribution in [3.63, 3.8) is 0 Å². The van der Waals surface area contributed by atoms with E-state index in [4.69, 9.17) is 5.73 Å². The molecule has 4 N–H and O–H groups in total. The molecule has 6 nitrogen and oxygen atoms in total. The number of primary amides is 1. The summed E-state index contributed by atoms with van der Waals surface area (Å²) < 4.78 is 27.3. The van der Waals surface area contributed by atoms with Crippen molar-refractivity contribution < 1.29 is 18.4 Å². The summed E-state index contributed by atoms with van der Waals surface area (Å²) in [5, 5.41) is 2.75. The lowest BCUT2D eigenvalue weighted by Crippen LogP contribution is -2.44. The van der Waals surface area contributed by atoms with Crippen LogP contribution in [0.5, 0.6) is 0 Å². The molecule has 0 unspecified atom stereocenters. The number of imidazole rings is 1. The van der Waals surface area contributed by atoms with Gasteiger partial charge < -0.3 is 16.0 Å². The van der Waals surface area contributed by atoms with Crippen molar-refractivity contribution in [1.82, 2.24) is 15.3 Å². The highest BCUT2D eigenvalue weighted by atomic mass is 32.2. The quantitative estimate of drug-likeness (QED) is 0.217. The first-order valence-corrected chi connectivity index (χ1v) is 13.7. The van der Waals surface area contributed by atoms with Crippen LogP contribution in [-0.2, 0) is 11.2 Å². The van der Waals surface area contributed by atoms with Crippen LogP contribution in [0.1, 0.15) is 33.7 Å². The second-order valence-electron chi connectivity index (χ2n) is 8.91. The van der Waals surface area contributed by atoms with Crippen molar-refractivity contribution in [3.8, 4) is 11.1 Å². The van der Waals surface area contributed by atoms with E-state index in [-0.39, 0.29) is 5.82 Å². The molecule has 0 aliphatic heterocycles. The molecule has 0 aliphatic carbocycles. The summed E-state index contributed by atoms with van der Waals surface area (Å²) in [5.41, 5.74) is 9.50. The summed E-state index contributed by atoms with van der Waals surface area (Å²) in [6.07, 6.45) is 8.11. The number of allylic oxidation sites excluding steroid dienone is 1. The molecule has 200 valence electrons. The number of amides is 2. The molecule has 3 aromatic carbocycles. The summed E-state index contributed by atoms with van der Waals surface area (Å²) >= 11 is 1.55. The molecule has 0 fully saturated rings. The van der Waals surface area contributed by atoms with Gasteiger partial charge in [0.25, 0.3) is 5.91 Å². The first-order chi connectivity index (χ1) is 18.8. The number of nitrogens with zero attached hydrogens (tertiary/aromatic N) is 1. The van der Waals surface area contributed by atoms with Gasteiger partial charge in [-0.25, -0.2) is 13.8 Å². The lowest BCUT2D eigenvalue weighted by molar-refractivity contribution is -0.119. The van der Waals surface area contributed by atoms with Gasteiger partial charge in [-0.3, -0.25) is 9.59 Å². The van der Waals surface area contributed by atoms with Crippen molar-refractivity contribution in [2.45, 2.75) is 18.9 Å². The molecule has 0 aliphatic rings. The standard InChI is InChI=1S/C30H28F2N4O2S/c1-39-15-12-27(29(33)37)36-30(38)25-11-2-19(17-26(25)21-5-9-24(32)10-6-21)16-22(18-28-34-13-14-35-28)20-3-7-23(31)8-4-20/h2-11,13-14,16-17,27H,12,15,18H2,1H3,(H2,33,37)(H,34,35)(H,36,38)/t27-/m0/s1. The second-order valence-corrected chi connectivity index (χ2v) is 9.90. The number of hydrogen-bond acceptors (Lipinski definition) is 4. The Morgan fingerprint density at radius 2 is 1.74 bits per heavy atom. The van der Waals surface area contributed by atoms with Crippen LogP contribution in [0.3, 0.4) is 0 Å². The zero-order chi connectivity index (χ0) is 27.8. The van der Waals surface area contributed by atoms with E-state index < -0.39 is 23.7 Å². The number of thioether (sulfide) groups is 1. The number of nitrogens with one attached hydrogen (secondary N) is 2. The molecule has 4 aromatic rings. The number of halogens is 2. The molecule has 39 heavy (non-hydrogen) atoms. The van der Waals surface area contributed by atoms with Crippen molar-refractivity contribution in [1.29, 1.82) is 0 Å². The van der Waals surface area contributed by atoms with Crippen LogP contribution in [0, 0.1) is 11.6 Å². The molecule has 0 radical (unpaired) electrons. The van der Waals surface area contributed by atoms with E-state index in [0.717, 1.165) is 22.5 Å². The number of carbonyl (C=O) groups excluding carboxylic acids is 2. The Morgan fingerprint density at radius 3 is 2.36 bits per heavy atom. The van der Waals surface area contributed by atoms with Gasteiger partial charge in [0.05, 0.1) is 0 Å². The normalized spacial score (nSPS) is 12.2. The highest BCUT2D eigenvalue weighted by Gasteiger charge is 2.21. The van der Waals surface area contributed by atoms with E-state index in [1.54, 1.807) is 60.6 Å². The smallest absolute Gasteiger partial charge is 0.252 e. The lowest BCUT2D eigenvalue weighted by Gasteiger charge is -2.17. The molecule has 1 atom stereocenters. The zero-order valence-electron chi connectivity index (χ0n) is 21.3. The number of H-pyrrole nitrogens is 1. The molecule has 0 saturated heterocycles. The fourth-order valence-corrected chi connectivity index (χ4v) is 4.62. The first-order valence-electron chi connectivity index (χ1n) is 12.3. The Bertz CT molecular complexity index is 1450. The average molecular weight is 547 g/mol. The minimum atomic E-state index is -0.816. The summed E-state index contributed by atoms with van der Waals surface area (Å²) in [6.45, 7) is 0. The maximum absolute atomic E-state index is 13.7. The van der Waals surface area contributed by atoms with Crippen molar-refractivity contribution in [3.05, 3.63) is 113 Å². The topological polar surface area (TPSA) is 101 Å². The first kappa shape index (κ1) is 27.8. The zero-order valence-corrected chi connectivity index (χ0v) is 22.1. The van der Waals surface area contributed by atoms with Crippen LogP contribution in [0.4, 0.5) is 8.78 Å². The van der Waals surface area contributed by atoms with Crippen LogP contribution in [0.2, 0.25) is 0 Å². The van der Waals surface area contributed by atoms with E-state index >= 15 is 0 Å². The third kappa shape index (κ3) is 7.42. The number of carbonyl (C=O) groups is 2. The fourth-order valence-electron chi connectivity index (χ4n) is 4.15. The van der Waals surface area contributed by atoms with Gasteiger partial charge in [0.1, 0.15) is 23.5 Å². The molecular formula is C30H28F2N4O2S. The lowest BCUT2D eigenvalue weighted by atomic mass is 9.94. The van der Waals surface area contributed by atoms with Crippen molar-refractivity contribution in [2.24, 2.45) is 5.73 Å². The van der Waals surface area contributed by atoms with E-state index in [2.05, 4.69) is 15.3 Å². The highest BCUT2D eigenvalue weighted by molar-refractivity contribution is 7.98. The maximum atomic E-state index is 13.7. The van der Waals surface area contributed by atoms with Crippen LogP contribution in [0.15, 0.2) is 79.1 Å². The van der Waals surface area contributed by atoms with Crippen LogP contribution < -0.4 is 11.1 Å². The molecule has 0 saturated carbocycles. The third-order valence-electron chi connectivity index (χ3n) is 6.17. The minimum absolute atomic E-state index is 0.323. The van der Waals surface area contributed by atoms with Gasteiger partial charge in [-0.15, -0.1) is 0 Å². The number of aromatic amines is 1. The average Bonchev–Trinajstić information content (AvgIpc) is 3.44. The van der Waals surface area contributed by atoms with Crippen molar-refractivity contribution in [2.75, 3.05) is 12.0 Å². The summed E-state index contributed by atoms with van der Waals surface area (Å²) in [5.74, 6) is -0.403. The Labute approximate surface area is 229 Å². The Balaban J connectivity index is 1.76. The predicted octanol–water partition coefficient (Wildman–Crippen LogP) is 5.48. The minimum Gasteiger partial charge on any atom is -0.368 e. The third-order valence-corrected chi connectivity index (χ3v) is 6.82. The van der Waals surface area contributed by atoms with Crippen LogP contribution in [0.25, 0.3) is 22.8 Å². The summed E-state index contributed by atoms with van der Waals surface area (Å²) in [7, 11) is 0. The monoisotopic (exact) mass is 546 g/mol. The molecule has 1 aromatic heterocycles. The van der Waals surface area contributed by atoms with Crippen LogP contribution in [-0.4, -0.2) is 39.8 Å². The summed E-state index contributed by atoms with van der Waals surface area (Å²) in [4.78, 5) is 32.7. The molecule has 2 amide bonds. The predicted molar refractivity (Wildman–Crippen MR) is 152 cm³/mol. The molecule has 0 spiro atoms. The molecule has 1 heterocycles. The molecule has 9 heteroatoms. The Morgan fingerprint density at radius 1 is 1.05 bits per heavy atom. The van der Waals surface area contributed by atoms with E-state index in [1.165, 1.54) is 24.3 Å². The highest BCUT2D eigenvalue weighted by Crippen LogP contribution is 2.29. The van der Waals surface area contributed by atoms with Gasteiger partial charge in [0.15, 0.2) is 0 Å². The van der Waals surface area contributed by atoms with E-state index in [9.17, 15) is 18.4 Å². The number of benzene rings is 3.